The lowest BCUT2D eigenvalue weighted by molar-refractivity contribution is 0.140. The molecular weight excluding hydrogens is 166 g/mol. The summed E-state index contributed by atoms with van der Waals surface area (Å²) in [4.78, 5) is 10.7. The highest BCUT2D eigenvalue weighted by atomic mass is 16.6. The average molecular weight is 177 g/mol. The molecule has 0 bridgehead atoms. The molecule has 1 heterocycles. The van der Waals surface area contributed by atoms with E-state index in [4.69, 9.17) is 4.74 Å². The summed E-state index contributed by atoms with van der Waals surface area (Å²) >= 11 is 0. The Kier molecular flexibility index (Phi) is 2.17. The van der Waals surface area contributed by atoms with E-state index in [1.54, 1.807) is 0 Å². The molecule has 0 spiro atoms. The molecule has 1 aromatic carbocycles. The largest absolute Gasteiger partial charge is 0.444 e. The molecule has 13 heavy (non-hydrogen) atoms. The summed E-state index contributed by atoms with van der Waals surface area (Å²) < 4.78 is 5.02. The van der Waals surface area contributed by atoms with Crippen LogP contribution in [0.1, 0.15) is 5.56 Å². The minimum atomic E-state index is -0.305. The molecule has 0 saturated carbocycles. The molecule has 1 saturated heterocycles. The number of cyclic esters (lactones) is 1. The molecule has 1 aliphatic heterocycles. The van der Waals surface area contributed by atoms with Gasteiger partial charge in [0, 0.05) is 6.42 Å². The smallest absolute Gasteiger partial charge is 0.407 e. The van der Waals surface area contributed by atoms with Crippen molar-refractivity contribution >= 4 is 6.09 Å². The van der Waals surface area contributed by atoms with Crippen LogP contribution in [0.3, 0.4) is 0 Å². The van der Waals surface area contributed by atoms with Gasteiger partial charge in [-0.3, -0.25) is 0 Å². The summed E-state index contributed by atoms with van der Waals surface area (Å²) in [7, 11) is 0. The first-order valence-corrected chi connectivity index (χ1v) is 4.33. The number of rotatable bonds is 2. The Morgan fingerprint density at radius 3 is 2.77 bits per heavy atom. The summed E-state index contributed by atoms with van der Waals surface area (Å²) in [5, 5.41) is 2.63. The summed E-state index contributed by atoms with van der Waals surface area (Å²) in [6.45, 7) is 0.619. The molecule has 1 aromatic rings. The van der Waals surface area contributed by atoms with Gasteiger partial charge < -0.3 is 10.1 Å². The number of carbonyl (C=O) groups is 1. The summed E-state index contributed by atoms with van der Waals surface area (Å²) in [5.74, 6) is 0. The molecule has 0 aromatic heterocycles. The van der Waals surface area contributed by atoms with Crippen LogP contribution in [0.15, 0.2) is 30.3 Å². The van der Waals surface area contributed by atoms with Crippen LogP contribution in [-0.2, 0) is 11.2 Å². The van der Waals surface area contributed by atoms with Crippen LogP contribution in [0, 0.1) is 0 Å². The number of nitrogens with one attached hydrogen (secondary N) is 1. The van der Waals surface area contributed by atoms with Crippen molar-refractivity contribution in [1.29, 1.82) is 0 Å². The Balaban J connectivity index is 1.96. The second kappa shape index (κ2) is 3.47. The Morgan fingerprint density at radius 2 is 2.15 bits per heavy atom. The lowest BCUT2D eigenvalue weighted by atomic mass is 10.1. The third kappa shape index (κ3) is 1.99. The zero-order valence-electron chi connectivity index (χ0n) is 7.19. The Labute approximate surface area is 76.7 Å². The fourth-order valence-corrected chi connectivity index (χ4v) is 1.42. The molecule has 68 valence electrons. The number of benzene rings is 1. The molecule has 1 fully saturated rings. The normalized spacial score (nSPS) is 20.9. The summed E-state index contributed by atoms with van der Waals surface area (Å²) in [6, 6.07) is 10.0. The number of carbonyl (C=O) groups excluding carboxylic acids is 1. The van der Waals surface area contributed by atoms with Gasteiger partial charge in [-0.25, -0.2) is 4.79 Å². The van der Waals surface area contributed by atoms with Gasteiger partial charge in [0.1, 0.15) is 6.10 Å². The van der Waals surface area contributed by atoms with Gasteiger partial charge in [-0.15, -0.1) is 0 Å². The third-order valence-corrected chi connectivity index (χ3v) is 2.05. The zero-order chi connectivity index (χ0) is 9.10. The molecule has 1 N–H and O–H groups in total. The second-order valence-electron chi connectivity index (χ2n) is 3.10. The van der Waals surface area contributed by atoms with E-state index in [1.807, 2.05) is 30.3 Å². The molecule has 1 aliphatic rings. The Morgan fingerprint density at radius 1 is 1.38 bits per heavy atom. The van der Waals surface area contributed by atoms with Crippen LogP contribution in [0.4, 0.5) is 4.79 Å². The van der Waals surface area contributed by atoms with Crippen molar-refractivity contribution in [3.63, 3.8) is 0 Å². The second-order valence-corrected chi connectivity index (χ2v) is 3.10. The van der Waals surface area contributed by atoms with E-state index in [0.717, 1.165) is 6.42 Å². The number of alkyl carbamates (subject to hydrolysis) is 1. The van der Waals surface area contributed by atoms with Gasteiger partial charge in [0.15, 0.2) is 0 Å². The van der Waals surface area contributed by atoms with Gasteiger partial charge in [0.2, 0.25) is 0 Å². The molecule has 3 heteroatoms. The minimum Gasteiger partial charge on any atom is -0.444 e. The standard InChI is InChI=1S/C10H11NO2/c12-10-11-7-9(13-10)6-8-4-2-1-3-5-8/h1-5,9H,6-7H2,(H,11,12). The molecule has 0 radical (unpaired) electrons. The highest BCUT2D eigenvalue weighted by molar-refractivity contribution is 5.69. The molecular formula is C10H11NO2. The van der Waals surface area contributed by atoms with Crippen molar-refractivity contribution in [3.8, 4) is 0 Å². The van der Waals surface area contributed by atoms with Crippen molar-refractivity contribution in [1.82, 2.24) is 5.32 Å². The van der Waals surface area contributed by atoms with Gasteiger partial charge in [-0.05, 0) is 5.56 Å². The first kappa shape index (κ1) is 8.10. The van der Waals surface area contributed by atoms with E-state index in [0.29, 0.717) is 6.54 Å². The van der Waals surface area contributed by atoms with Crippen molar-refractivity contribution in [2.45, 2.75) is 12.5 Å². The zero-order valence-corrected chi connectivity index (χ0v) is 7.19. The topological polar surface area (TPSA) is 38.3 Å². The van der Waals surface area contributed by atoms with Crippen molar-refractivity contribution in [2.75, 3.05) is 6.54 Å². The highest BCUT2D eigenvalue weighted by Gasteiger charge is 2.22. The average Bonchev–Trinajstić information content (AvgIpc) is 2.53. The third-order valence-electron chi connectivity index (χ3n) is 2.05. The van der Waals surface area contributed by atoms with Crippen molar-refractivity contribution < 1.29 is 9.53 Å². The van der Waals surface area contributed by atoms with E-state index in [2.05, 4.69) is 5.32 Å². The predicted octanol–water partition coefficient (Wildman–Crippen LogP) is 1.34. The fraction of sp³-hybridized carbons (Fsp3) is 0.300. The summed E-state index contributed by atoms with van der Waals surface area (Å²) in [6.07, 6.45) is 0.482. The summed E-state index contributed by atoms with van der Waals surface area (Å²) in [5.41, 5.74) is 1.20. The van der Waals surface area contributed by atoms with Gasteiger partial charge in [0.05, 0.1) is 6.54 Å². The van der Waals surface area contributed by atoms with Crippen molar-refractivity contribution in [2.24, 2.45) is 0 Å². The quantitative estimate of drug-likeness (QED) is 0.740. The van der Waals surface area contributed by atoms with Gasteiger partial charge in [0.25, 0.3) is 0 Å². The van der Waals surface area contributed by atoms with Gasteiger partial charge >= 0.3 is 6.09 Å². The van der Waals surface area contributed by atoms with E-state index in [-0.39, 0.29) is 12.2 Å². The van der Waals surface area contributed by atoms with Crippen LogP contribution in [0.5, 0.6) is 0 Å². The molecule has 3 nitrogen and oxygen atoms in total. The maximum Gasteiger partial charge on any atom is 0.407 e. The molecule has 1 unspecified atom stereocenters. The van der Waals surface area contributed by atoms with Crippen molar-refractivity contribution in [3.05, 3.63) is 35.9 Å². The van der Waals surface area contributed by atoms with Crippen LogP contribution in [-0.4, -0.2) is 18.7 Å². The molecule has 1 amide bonds. The minimum absolute atomic E-state index is 0.00472. The maximum atomic E-state index is 10.7. The predicted molar refractivity (Wildman–Crippen MR) is 48.4 cm³/mol. The maximum absolute atomic E-state index is 10.7. The van der Waals surface area contributed by atoms with E-state index in [9.17, 15) is 4.79 Å². The van der Waals surface area contributed by atoms with Crippen LogP contribution in [0.2, 0.25) is 0 Å². The first-order valence-electron chi connectivity index (χ1n) is 4.33. The number of amides is 1. The van der Waals surface area contributed by atoms with Crippen LogP contribution in [0.25, 0.3) is 0 Å². The monoisotopic (exact) mass is 177 g/mol. The van der Waals surface area contributed by atoms with Crippen LogP contribution < -0.4 is 5.32 Å². The molecule has 1 atom stereocenters. The van der Waals surface area contributed by atoms with E-state index >= 15 is 0 Å². The Bertz CT molecular complexity index is 297. The fourth-order valence-electron chi connectivity index (χ4n) is 1.42. The number of hydrogen-bond donors (Lipinski definition) is 1. The lowest BCUT2D eigenvalue weighted by Gasteiger charge is -2.06. The van der Waals surface area contributed by atoms with Gasteiger partial charge in [-0.2, -0.15) is 0 Å². The Hall–Kier alpha value is -1.51. The van der Waals surface area contributed by atoms with Crippen LogP contribution >= 0.6 is 0 Å². The first-order chi connectivity index (χ1) is 6.34. The molecule has 0 aliphatic carbocycles. The van der Waals surface area contributed by atoms with E-state index < -0.39 is 0 Å². The lowest BCUT2D eigenvalue weighted by Crippen LogP contribution is -2.16. The molecule has 2 rings (SSSR count). The number of hydrogen-bond acceptors (Lipinski definition) is 2. The SMILES string of the molecule is O=C1NCC(Cc2ccccc2)O1. The van der Waals surface area contributed by atoms with E-state index in [1.165, 1.54) is 5.56 Å². The van der Waals surface area contributed by atoms with Gasteiger partial charge in [-0.1, -0.05) is 30.3 Å². The highest BCUT2D eigenvalue weighted by Crippen LogP contribution is 2.08. The number of ether oxygens (including phenoxy) is 1.